The lowest BCUT2D eigenvalue weighted by Gasteiger charge is -2.37. The molecule has 2 N–H and O–H groups in total. The van der Waals surface area contributed by atoms with E-state index in [1.54, 1.807) is 0 Å². The lowest BCUT2D eigenvalue weighted by atomic mass is 9.75. The van der Waals surface area contributed by atoms with E-state index < -0.39 is 0 Å². The highest BCUT2D eigenvalue weighted by Crippen LogP contribution is 2.32. The van der Waals surface area contributed by atoms with Crippen molar-refractivity contribution in [3.05, 3.63) is 0 Å². The summed E-state index contributed by atoms with van der Waals surface area (Å²) in [5.41, 5.74) is 0.468. The Kier molecular flexibility index (Phi) is 3.13. The van der Waals surface area contributed by atoms with Crippen LogP contribution >= 0.6 is 0 Å². The van der Waals surface area contributed by atoms with Gasteiger partial charge in [-0.15, -0.1) is 0 Å². The Morgan fingerprint density at radius 1 is 1.29 bits per heavy atom. The van der Waals surface area contributed by atoms with Crippen LogP contribution in [0.5, 0.6) is 0 Å². The van der Waals surface area contributed by atoms with Gasteiger partial charge in [0.2, 0.25) is 0 Å². The second kappa shape index (κ2) is 4.19. The Morgan fingerprint density at radius 3 is 2.64 bits per heavy atom. The van der Waals surface area contributed by atoms with Crippen LogP contribution in [0.4, 0.5) is 0 Å². The molecule has 0 aromatic heterocycles. The van der Waals surface area contributed by atoms with Crippen molar-refractivity contribution in [2.75, 3.05) is 19.6 Å². The molecule has 82 valence electrons. The van der Waals surface area contributed by atoms with E-state index in [1.165, 1.54) is 45.3 Å². The van der Waals surface area contributed by atoms with Gasteiger partial charge in [-0.1, -0.05) is 13.8 Å². The molecule has 2 aliphatic rings. The zero-order valence-electron chi connectivity index (χ0n) is 9.60. The van der Waals surface area contributed by atoms with E-state index in [9.17, 15) is 0 Å². The van der Waals surface area contributed by atoms with Crippen LogP contribution in [0.1, 0.15) is 39.5 Å². The predicted octanol–water partition coefficient (Wildman–Crippen LogP) is 1.76. The second-order valence-corrected chi connectivity index (χ2v) is 5.69. The zero-order valence-corrected chi connectivity index (χ0v) is 9.60. The summed E-state index contributed by atoms with van der Waals surface area (Å²) in [4.78, 5) is 0. The number of nitrogens with one attached hydrogen (secondary N) is 2. The molecule has 2 fully saturated rings. The monoisotopic (exact) mass is 196 g/mol. The van der Waals surface area contributed by atoms with Crippen molar-refractivity contribution in [3.63, 3.8) is 0 Å². The van der Waals surface area contributed by atoms with Gasteiger partial charge in [-0.05, 0) is 50.1 Å². The molecule has 1 aliphatic heterocycles. The lowest BCUT2D eigenvalue weighted by molar-refractivity contribution is 0.166. The molecule has 0 radical (unpaired) electrons. The van der Waals surface area contributed by atoms with Gasteiger partial charge in [0, 0.05) is 12.6 Å². The van der Waals surface area contributed by atoms with E-state index in [0.717, 1.165) is 12.0 Å². The summed E-state index contributed by atoms with van der Waals surface area (Å²) in [6, 6.07) is 0.853. The molecule has 2 rings (SSSR count). The van der Waals surface area contributed by atoms with Crippen molar-refractivity contribution in [3.8, 4) is 0 Å². The zero-order chi connectivity index (χ0) is 10.0. The maximum Gasteiger partial charge on any atom is 0.00684 e. The fourth-order valence-corrected chi connectivity index (χ4v) is 2.36. The first-order valence-electron chi connectivity index (χ1n) is 6.12. The van der Waals surface area contributed by atoms with Gasteiger partial charge in [-0.25, -0.2) is 0 Å². The van der Waals surface area contributed by atoms with Crippen molar-refractivity contribution < 1.29 is 0 Å². The molecule has 1 unspecified atom stereocenters. The fourth-order valence-electron chi connectivity index (χ4n) is 2.36. The van der Waals surface area contributed by atoms with E-state index in [-0.39, 0.29) is 0 Å². The van der Waals surface area contributed by atoms with Gasteiger partial charge in [0.1, 0.15) is 0 Å². The third-order valence-corrected chi connectivity index (χ3v) is 3.83. The highest BCUT2D eigenvalue weighted by Gasteiger charge is 2.32. The maximum atomic E-state index is 3.67. The van der Waals surface area contributed by atoms with Crippen LogP contribution in [0.25, 0.3) is 0 Å². The molecule has 1 heterocycles. The Labute approximate surface area is 87.8 Å². The van der Waals surface area contributed by atoms with Gasteiger partial charge in [-0.3, -0.25) is 0 Å². The van der Waals surface area contributed by atoms with Crippen molar-refractivity contribution >= 4 is 0 Å². The molecule has 1 atom stereocenters. The minimum atomic E-state index is 0.468. The van der Waals surface area contributed by atoms with Gasteiger partial charge in [0.15, 0.2) is 0 Å². The Hall–Kier alpha value is -0.0800. The Balaban J connectivity index is 1.78. The van der Waals surface area contributed by atoms with E-state index in [1.807, 2.05) is 0 Å². The number of rotatable bonds is 4. The van der Waals surface area contributed by atoms with Crippen molar-refractivity contribution in [2.45, 2.75) is 45.6 Å². The molecular weight excluding hydrogens is 172 g/mol. The molecule has 1 aliphatic carbocycles. The second-order valence-electron chi connectivity index (χ2n) is 5.69. The summed E-state index contributed by atoms with van der Waals surface area (Å²) >= 11 is 0. The van der Waals surface area contributed by atoms with E-state index in [4.69, 9.17) is 0 Å². The molecule has 0 bridgehead atoms. The quantitative estimate of drug-likeness (QED) is 0.716. The normalized spacial score (nSPS) is 29.1. The molecule has 1 saturated heterocycles. The first-order chi connectivity index (χ1) is 6.68. The van der Waals surface area contributed by atoms with Gasteiger partial charge in [0.25, 0.3) is 0 Å². The minimum absolute atomic E-state index is 0.468. The van der Waals surface area contributed by atoms with Gasteiger partial charge < -0.3 is 10.6 Å². The first kappa shape index (κ1) is 10.4. The average molecular weight is 196 g/mol. The van der Waals surface area contributed by atoms with Crippen molar-refractivity contribution in [1.29, 1.82) is 0 Å². The number of hydrogen-bond acceptors (Lipinski definition) is 2. The summed E-state index contributed by atoms with van der Waals surface area (Å²) in [6.45, 7) is 8.48. The molecule has 14 heavy (non-hydrogen) atoms. The fraction of sp³-hybridized carbons (Fsp3) is 1.00. The highest BCUT2D eigenvalue weighted by molar-refractivity contribution is 4.88. The van der Waals surface area contributed by atoms with Crippen LogP contribution in [-0.4, -0.2) is 25.7 Å². The van der Waals surface area contributed by atoms with Gasteiger partial charge in [0.05, 0.1) is 0 Å². The SMILES string of the molecule is CC(C)(CNC1CC1)C1CCCNC1. The van der Waals surface area contributed by atoms with Gasteiger partial charge in [-0.2, -0.15) is 0 Å². The Morgan fingerprint density at radius 2 is 2.07 bits per heavy atom. The van der Waals surface area contributed by atoms with Crippen LogP contribution in [0, 0.1) is 11.3 Å². The van der Waals surface area contributed by atoms with Crippen LogP contribution in [0.2, 0.25) is 0 Å². The van der Waals surface area contributed by atoms with E-state index in [2.05, 4.69) is 24.5 Å². The molecule has 0 aromatic rings. The molecule has 0 spiro atoms. The maximum absolute atomic E-state index is 3.67. The number of piperidine rings is 1. The summed E-state index contributed by atoms with van der Waals surface area (Å²) in [5.74, 6) is 0.863. The largest absolute Gasteiger partial charge is 0.316 e. The van der Waals surface area contributed by atoms with Crippen molar-refractivity contribution in [2.24, 2.45) is 11.3 Å². The van der Waals surface area contributed by atoms with Crippen LogP contribution < -0.4 is 10.6 Å². The molecule has 2 nitrogen and oxygen atoms in total. The van der Waals surface area contributed by atoms with E-state index >= 15 is 0 Å². The van der Waals surface area contributed by atoms with Crippen LogP contribution in [-0.2, 0) is 0 Å². The average Bonchev–Trinajstić information content (AvgIpc) is 3.00. The van der Waals surface area contributed by atoms with E-state index in [0.29, 0.717) is 5.41 Å². The third kappa shape index (κ3) is 2.71. The standard InChI is InChI=1S/C12H24N2/c1-12(2,9-14-11-5-6-11)10-4-3-7-13-8-10/h10-11,13-14H,3-9H2,1-2H3. The predicted molar refractivity (Wildman–Crippen MR) is 60.4 cm³/mol. The summed E-state index contributed by atoms with van der Waals surface area (Å²) < 4.78 is 0. The van der Waals surface area contributed by atoms with Crippen LogP contribution in [0.15, 0.2) is 0 Å². The molecule has 2 heteroatoms. The van der Waals surface area contributed by atoms with Crippen molar-refractivity contribution in [1.82, 2.24) is 10.6 Å². The van der Waals surface area contributed by atoms with Crippen LogP contribution in [0.3, 0.4) is 0 Å². The Bertz CT molecular complexity index is 179. The summed E-state index contributed by atoms with van der Waals surface area (Å²) in [7, 11) is 0. The summed E-state index contributed by atoms with van der Waals surface area (Å²) in [6.07, 6.45) is 5.57. The molecule has 1 saturated carbocycles. The van der Waals surface area contributed by atoms with Gasteiger partial charge >= 0.3 is 0 Å². The minimum Gasteiger partial charge on any atom is -0.316 e. The number of hydrogen-bond donors (Lipinski definition) is 2. The highest BCUT2D eigenvalue weighted by atomic mass is 15.0. The smallest absolute Gasteiger partial charge is 0.00684 e. The molecular formula is C12H24N2. The third-order valence-electron chi connectivity index (χ3n) is 3.83. The molecule has 0 aromatic carbocycles. The topological polar surface area (TPSA) is 24.1 Å². The molecule has 0 amide bonds. The summed E-state index contributed by atoms with van der Waals surface area (Å²) in [5, 5.41) is 7.18. The first-order valence-corrected chi connectivity index (χ1v) is 6.12. The lowest BCUT2D eigenvalue weighted by Crippen LogP contribution is -2.43.